The summed E-state index contributed by atoms with van der Waals surface area (Å²) < 4.78 is 0. The highest BCUT2D eigenvalue weighted by atomic mass is 32.2. The highest BCUT2D eigenvalue weighted by Gasteiger charge is 2.36. The summed E-state index contributed by atoms with van der Waals surface area (Å²) in [4.78, 5) is 21.6. The standard InChI is InChI=1S/C16H16N2OS/c1-16(2)12-9-17-15(20-3)18-14(12)11-7-5-4-6-10(11)8-13(16)19/h4-7,9H,8H2,1-3H3. The maximum Gasteiger partial charge on any atom is 0.187 e. The zero-order valence-electron chi connectivity index (χ0n) is 11.8. The Labute approximate surface area is 122 Å². The van der Waals surface area contributed by atoms with E-state index in [4.69, 9.17) is 0 Å². The third-order valence-corrected chi connectivity index (χ3v) is 4.51. The third kappa shape index (κ3) is 1.95. The molecule has 3 rings (SSSR count). The van der Waals surface area contributed by atoms with Gasteiger partial charge in [0.15, 0.2) is 5.16 Å². The van der Waals surface area contributed by atoms with Gasteiger partial charge in [-0.1, -0.05) is 36.0 Å². The lowest BCUT2D eigenvalue weighted by Gasteiger charge is -2.22. The number of benzene rings is 1. The minimum atomic E-state index is -0.550. The van der Waals surface area contributed by atoms with Crippen molar-refractivity contribution in [1.82, 2.24) is 9.97 Å². The highest BCUT2D eigenvalue weighted by Crippen LogP contribution is 2.38. The molecule has 4 heteroatoms. The van der Waals surface area contributed by atoms with Crippen LogP contribution in [0.4, 0.5) is 0 Å². The fraction of sp³-hybridized carbons (Fsp3) is 0.312. The molecule has 0 fully saturated rings. The smallest absolute Gasteiger partial charge is 0.187 e. The summed E-state index contributed by atoms with van der Waals surface area (Å²) in [6.45, 7) is 3.92. The number of Topliss-reactive ketones (excluding diaryl/α,β-unsaturated/α-hetero) is 1. The Kier molecular flexibility index (Phi) is 3.13. The SMILES string of the molecule is CSc1ncc2c(n1)-c1ccccc1CC(=O)C2(C)C. The number of fused-ring (bicyclic) bond motifs is 3. The normalized spacial score (nSPS) is 16.2. The lowest BCUT2D eigenvalue weighted by molar-refractivity contribution is -0.122. The summed E-state index contributed by atoms with van der Waals surface area (Å²) >= 11 is 1.52. The van der Waals surface area contributed by atoms with Gasteiger partial charge in [0.2, 0.25) is 0 Å². The van der Waals surface area contributed by atoms with Crippen LogP contribution in [0.3, 0.4) is 0 Å². The van der Waals surface area contributed by atoms with Crippen LogP contribution in [-0.4, -0.2) is 22.0 Å². The van der Waals surface area contributed by atoms with Crippen molar-refractivity contribution in [3.63, 3.8) is 0 Å². The van der Waals surface area contributed by atoms with Gasteiger partial charge >= 0.3 is 0 Å². The Morgan fingerprint density at radius 2 is 2.00 bits per heavy atom. The van der Waals surface area contributed by atoms with Gasteiger partial charge in [-0.3, -0.25) is 4.79 Å². The number of hydrogen-bond donors (Lipinski definition) is 0. The second-order valence-electron chi connectivity index (χ2n) is 5.50. The van der Waals surface area contributed by atoms with Gasteiger partial charge in [-0.25, -0.2) is 9.97 Å². The van der Waals surface area contributed by atoms with Crippen LogP contribution >= 0.6 is 11.8 Å². The lowest BCUT2D eigenvalue weighted by Crippen LogP contribution is -2.30. The number of thioether (sulfide) groups is 1. The van der Waals surface area contributed by atoms with Crippen LogP contribution in [0.5, 0.6) is 0 Å². The number of aromatic nitrogens is 2. The molecule has 0 saturated heterocycles. The van der Waals surface area contributed by atoms with Crippen LogP contribution in [0.15, 0.2) is 35.6 Å². The van der Waals surface area contributed by atoms with Gasteiger partial charge in [0.1, 0.15) is 5.78 Å². The van der Waals surface area contributed by atoms with E-state index >= 15 is 0 Å². The largest absolute Gasteiger partial charge is 0.298 e. The molecule has 0 N–H and O–H groups in total. The van der Waals surface area contributed by atoms with Gasteiger partial charge in [0.05, 0.1) is 11.1 Å². The van der Waals surface area contributed by atoms with Gasteiger partial charge in [-0.05, 0) is 25.7 Å². The number of nitrogens with zero attached hydrogens (tertiary/aromatic N) is 2. The van der Waals surface area contributed by atoms with E-state index < -0.39 is 5.41 Å². The second-order valence-corrected chi connectivity index (χ2v) is 6.27. The average Bonchev–Trinajstić information content (AvgIpc) is 2.54. The minimum Gasteiger partial charge on any atom is -0.298 e. The molecule has 0 atom stereocenters. The summed E-state index contributed by atoms with van der Waals surface area (Å²) in [5.74, 6) is 0.212. The molecule has 0 unspecified atom stereocenters. The summed E-state index contributed by atoms with van der Waals surface area (Å²) in [6, 6.07) is 8.02. The van der Waals surface area contributed by atoms with Gasteiger partial charge in [0, 0.05) is 23.7 Å². The van der Waals surface area contributed by atoms with Gasteiger partial charge in [0.25, 0.3) is 0 Å². The number of rotatable bonds is 1. The van der Waals surface area contributed by atoms with Crippen LogP contribution in [0.1, 0.15) is 25.0 Å². The van der Waals surface area contributed by atoms with E-state index in [2.05, 4.69) is 9.97 Å². The Bertz CT molecular complexity index is 695. The summed E-state index contributed by atoms with van der Waals surface area (Å²) in [7, 11) is 0. The molecule has 102 valence electrons. The average molecular weight is 284 g/mol. The maximum absolute atomic E-state index is 12.6. The van der Waals surface area contributed by atoms with Crippen LogP contribution in [-0.2, 0) is 16.6 Å². The molecule has 1 aromatic heterocycles. The molecule has 0 bridgehead atoms. The first-order chi connectivity index (χ1) is 9.54. The van der Waals surface area contributed by atoms with Gasteiger partial charge in [-0.2, -0.15) is 0 Å². The zero-order chi connectivity index (χ0) is 14.3. The van der Waals surface area contributed by atoms with Crippen molar-refractivity contribution in [2.45, 2.75) is 30.8 Å². The van der Waals surface area contributed by atoms with Gasteiger partial charge < -0.3 is 0 Å². The molecule has 2 aromatic rings. The topological polar surface area (TPSA) is 42.9 Å². The molecule has 0 saturated carbocycles. The molecular formula is C16H16N2OS. The zero-order valence-corrected chi connectivity index (χ0v) is 12.6. The van der Waals surface area contributed by atoms with E-state index in [-0.39, 0.29) is 5.78 Å². The van der Waals surface area contributed by atoms with Crippen molar-refractivity contribution in [2.24, 2.45) is 0 Å². The second kappa shape index (κ2) is 4.70. The third-order valence-electron chi connectivity index (χ3n) is 3.94. The first kappa shape index (κ1) is 13.3. The Hall–Kier alpha value is -1.68. The fourth-order valence-electron chi connectivity index (χ4n) is 2.58. The Morgan fingerprint density at radius 1 is 1.25 bits per heavy atom. The van der Waals surface area contributed by atoms with Crippen molar-refractivity contribution >= 4 is 17.5 Å². The summed E-state index contributed by atoms with van der Waals surface area (Å²) in [5.41, 5.74) is 3.38. The van der Waals surface area contributed by atoms with Crippen molar-refractivity contribution in [2.75, 3.05) is 6.26 Å². The number of carbonyl (C=O) groups excluding carboxylic acids is 1. The molecule has 1 aliphatic carbocycles. The molecule has 1 aromatic carbocycles. The summed E-state index contributed by atoms with van der Waals surface area (Å²) in [6.07, 6.45) is 4.23. The molecule has 1 aliphatic rings. The number of carbonyl (C=O) groups is 1. The van der Waals surface area contributed by atoms with Crippen molar-refractivity contribution < 1.29 is 4.79 Å². The van der Waals surface area contributed by atoms with E-state index in [0.717, 1.165) is 27.5 Å². The minimum absolute atomic E-state index is 0.212. The van der Waals surface area contributed by atoms with Crippen molar-refractivity contribution in [3.05, 3.63) is 41.6 Å². The van der Waals surface area contributed by atoms with Crippen LogP contribution in [0, 0.1) is 0 Å². The molecule has 3 nitrogen and oxygen atoms in total. The van der Waals surface area contributed by atoms with Gasteiger partial charge in [-0.15, -0.1) is 0 Å². The maximum atomic E-state index is 12.6. The van der Waals surface area contributed by atoms with E-state index in [1.165, 1.54) is 11.8 Å². The quantitative estimate of drug-likeness (QED) is 0.595. The van der Waals surface area contributed by atoms with E-state index in [1.54, 1.807) is 0 Å². The predicted molar refractivity (Wildman–Crippen MR) is 81.0 cm³/mol. The van der Waals surface area contributed by atoms with Crippen LogP contribution < -0.4 is 0 Å². The molecule has 1 heterocycles. The monoisotopic (exact) mass is 284 g/mol. The van der Waals surface area contributed by atoms with E-state index in [0.29, 0.717) is 6.42 Å². The lowest BCUT2D eigenvalue weighted by atomic mass is 9.80. The van der Waals surface area contributed by atoms with E-state index in [9.17, 15) is 4.79 Å². The molecule has 0 aliphatic heterocycles. The first-order valence-corrected chi connectivity index (χ1v) is 7.79. The van der Waals surface area contributed by atoms with Crippen molar-refractivity contribution in [3.8, 4) is 11.3 Å². The predicted octanol–water partition coefficient (Wildman–Crippen LogP) is 3.27. The number of ketones is 1. The van der Waals surface area contributed by atoms with Crippen molar-refractivity contribution in [1.29, 1.82) is 0 Å². The summed E-state index contributed by atoms with van der Waals surface area (Å²) in [5, 5.41) is 0.740. The Morgan fingerprint density at radius 3 is 2.75 bits per heavy atom. The Balaban J connectivity index is 2.35. The molecule has 0 radical (unpaired) electrons. The molecular weight excluding hydrogens is 268 g/mol. The first-order valence-electron chi connectivity index (χ1n) is 6.57. The highest BCUT2D eigenvalue weighted by molar-refractivity contribution is 7.98. The fourth-order valence-corrected chi connectivity index (χ4v) is 2.92. The van der Waals surface area contributed by atoms with Crippen LogP contribution in [0.2, 0.25) is 0 Å². The molecule has 0 amide bonds. The van der Waals surface area contributed by atoms with Crippen LogP contribution in [0.25, 0.3) is 11.3 Å². The number of hydrogen-bond acceptors (Lipinski definition) is 4. The van der Waals surface area contributed by atoms with E-state index in [1.807, 2.05) is 50.6 Å². The molecule has 0 spiro atoms. The molecule has 20 heavy (non-hydrogen) atoms.